The molecule has 3 aliphatic rings. The van der Waals surface area contributed by atoms with E-state index in [2.05, 4.69) is 15.3 Å². The van der Waals surface area contributed by atoms with Crippen molar-refractivity contribution in [1.82, 2.24) is 20.0 Å². The molecule has 6 rings (SSSR count). The Kier molecular flexibility index (Phi) is 7.46. The largest absolute Gasteiger partial charge is 0.466 e. The second-order valence-corrected chi connectivity index (χ2v) is 9.81. The second-order valence-electron chi connectivity index (χ2n) is 9.81. The van der Waals surface area contributed by atoms with Crippen LogP contribution in [0.3, 0.4) is 0 Å². The average molecular weight is 501 g/mol. The maximum Gasteiger partial charge on any atom is 0.310 e. The Morgan fingerprint density at radius 2 is 1.78 bits per heavy atom. The molecule has 2 bridgehead atoms. The van der Waals surface area contributed by atoms with Gasteiger partial charge in [-0.1, -0.05) is 36.4 Å². The number of rotatable bonds is 8. The number of aromatic nitrogens is 2. The molecule has 1 N–H and O–H groups in total. The van der Waals surface area contributed by atoms with Crippen molar-refractivity contribution in [3.63, 3.8) is 0 Å². The zero-order chi connectivity index (χ0) is 25.8. The molecule has 1 amide bonds. The Bertz CT molecular complexity index is 1330. The quantitative estimate of drug-likeness (QED) is 0.478. The van der Waals surface area contributed by atoms with Gasteiger partial charge in [0.05, 0.1) is 25.3 Å². The van der Waals surface area contributed by atoms with Gasteiger partial charge in [0.15, 0.2) is 0 Å². The molecule has 192 valence electrons. The number of ether oxygens (including phenoxy) is 1. The molecular weight excluding hydrogens is 468 g/mol. The van der Waals surface area contributed by atoms with Crippen molar-refractivity contribution in [3.8, 4) is 11.3 Å². The van der Waals surface area contributed by atoms with Crippen LogP contribution in [0.4, 0.5) is 0 Å². The highest BCUT2D eigenvalue weighted by Gasteiger charge is 2.34. The van der Waals surface area contributed by atoms with E-state index < -0.39 is 0 Å². The second kappa shape index (κ2) is 11.1. The van der Waals surface area contributed by atoms with Crippen LogP contribution < -0.4 is 10.9 Å². The third-order valence-corrected chi connectivity index (χ3v) is 7.26. The summed E-state index contributed by atoms with van der Waals surface area (Å²) in [5.41, 5.74) is 3.57. The molecule has 1 aromatic heterocycles. The summed E-state index contributed by atoms with van der Waals surface area (Å²) >= 11 is 0. The lowest BCUT2D eigenvalue weighted by atomic mass is 9.84. The van der Waals surface area contributed by atoms with E-state index in [0.29, 0.717) is 23.8 Å². The smallest absolute Gasteiger partial charge is 0.310 e. The fraction of sp³-hybridized carbons (Fsp3) is 0.379. The Balaban J connectivity index is 1.27. The molecular formula is C29H32N4O4. The minimum Gasteiger partial charge on any atom is -0.466 e. The lowest BCUT2D eigenvalue weighted by Crippen LogP contribution is -2.57. The van der Waals surface area contributed by atoms with E-state index >= 15 is 0 Å². The lowest BCUT2D eigenvalue weighted by molar-refractivity contribution is -0.142. The number of carbonyl (C=O) groups is 2. The minimum atomic E-state index is -0.280. The van der Waals surface area contributed by atoms with Crippen LogP contribution in [0.25, 0.3) is 11.3 Å². The minimum absolute atomic E-state index is 0.0501. The number of hydrogen-bond acceptors (Lipinski definition) is 6. The average Bonchev–Trinajstić information content (AvgIpc) is 2.91. The first kappa shape index (κ1) is 24.9. The third-order valence-electron chi connectivity index (χ3n) is 7.26. The van der Waals surface area contributed by atoms with Gasteiger partial charge in [-0.25, -0.2) is 4.68 Å². The number of hydrogen-bond donors (Lipinski definition) is 1. The van der Waals surface area contributed by atoms with E-state index in [1.807, 2.05) is 48.5 Å². The van der Waals surface area contributed by atoms with Gasteiger partial charge in [0.2, 0.25) is 0 Å². The van der Waals surface area contributed by atoms with Gasteiger partial charge in [0, 0.05) is 29.8 Å². The molecule has 2 aromatic carbocycles. The zero-order valence-electron chi connectivity index (χ0n) is 21.1. The molecule has 0 aliphatic carbocycles. The Hall–Kier alpha value is -3.78. The Morgan fingerprint density at radius 1 is 1.03 bits per heavy atom. The first-order valence-electron chi connectivity index (χ1n) is 12.9. The summed E-state index contributed by atoms with van der Waals surface area (Å²) in [4.78, 5) is 39.6. The number of benzene rings is 2. The van der Waals surface area contributed by atoms with Gasteiger partial charge >= 0.3 is 5.97 Å². The molecule has 4 heterocycles. The molecule has 1 unspecified atom stereocenters. The number of carbonyl (C=O) groups excluding carboxylic acids is 2. The van der Waals surface area contributed by atoms with Crippen molar-refractivity contribution in [3.05, 3.63) is 87.7 Å². The lowest BCUT2D eigenvalue weighted by Gasteiger charge is -2.44. The number of amides is 1. The number of nitrogens with one attached hydrogen (secondary N) is 1. The van der Waals surface area contributed by atoms with Crippen molar-refractivity contribution in [2.75, 3.05) is 26.2 Å². The topological polar surface area (TPSA) is 93.5 Å². The van der Waals surface area contributed by atoms with Crippen molar-refractivity contribution < 1.29 is 14.3 Å². The molecule has 8 nitrogen and oxygen atoms in total. The van der Waals surface area contributed by atoms with Crippen molar-refractivity contribution in [2.45, 2.75) is 38.8 Å². The van der Waals surface area contributed by atoms with Crippen LogP contribution in [0.5, 0.6) is 0 Å². The van der Waals surface area contributed by atoms with Crippen LogP contribution in [-0.2, 0) is 22.5 Å². The molecule has 3 aromatic rings. The number of esters is 1. The highest BCUT2D eigenvalue weighted by molar-refractivity contribution is 5.94. The number of nitrogens with zero attached hydrogens (tertiary/aromatic N) is 3. The van der Waals surface area contributed by atoms with E-state index in [1.165, 1.54) is 10.7 Å². The first-order chi connectivity index (χ1) is 18.0. The summed E-state index contributed by atoms with van der Waals surface area (Å²) in [6.45, 7) is 5.62. The van der Waals surface area contributed by atoms with E-state index in [-0.39, 0.29) is 36.4 Å². The van der Waals surface area contributed by atoms with Crippen LogP contribution in [0.15, 0.2) is 65.5 Å². The van der Waals surface area contributed by atoms with E-state index in [4.69, 9.17) is 4.74 Å². The highest BCUT2D eigenvalue weighted by atomic mass is 16.5. The van der Waals surface area contributed by atoms with Crippen molar-refractivity contribution in [1.29, 1.82) is 0 Å². The van der Waals surface area contributed by atoms with Gasteiger partial charge in [0.1, 0.15) is 0 Å². The van der Waals surface area contributed by atoms with E-state index in [9.17, 15) is 14.4 Å². The van der Waals surface area contributed by atoms with Crippen LogP contribution >= 0.6 is 0 Å². The maximum atomic E-state index is 12.9. The van der Waals surface area contributed by atoms with Gasteiger partial charge in [-0.3, -0.25) is 14.4 Å². The summed E-state index contributed by atoms with van der Waals surface area (Å²) in [5, 5.41) is 7.78. The van der Waals surface area contributed by atoms with Crippen molar-refractivity contribution in [2.24, 2.45) is 5.92 Å². The molecule has 0 radical (unpaired) electrons. The molecule has 8 heteroatoms. The van der Waals surface area contributed by atoms with Crippen LogP contribution in [-0.4, -0.2) is 58.8 Å². The van der Waals surface area contributed by atoms with Crippen LogP contribution in [0.2, 0.25) is 0 Å². The van der Waals surface area contributed by atoms with Gasteiger partial charge in [0.25, 0.3) is 11.5 Å². The Morgan fingerprint density at radius 3 is 2.49 bits per heavy atom. The monoisotopic (exact) mass is 500 g/mol. The van der Waals surface area contributed by atoms with Crippen molar-refractivity contribution >= 4 is 11.9 Å². The SMILES string of the molecule is CCOC(=O)Cc1cccc(Cn2nc(-c3ccc(C(=O)NC4CN5CCC4CC5)cc3)ccc2=O)c1. The standard InChI is InChI=1S/C29H32N4O4/c1-2-37-28(35)17-20-4-3-5-21(16-20)18-33-27(34)11-10-25(31-33)22-6-8-24(9-7-22)29(36)30-26-19-32-14-12-23(26)13-15-32/h3-11,16,23,26H,2,12-15,17-19H2,1H3,(H,30,36). The van der Waals surface area contributed by atoms with E-state index in [1.54, 1.807) is 13.0 Å². The number of piperidine rings is 3. The van der Waals surface area contributed by atoms with Crippen LogP contribution in [0.1, 0.15) is 41.3 Å². The molecule has 3 saturated heterocycles. The van der Waals surface area contributed by atoms with Gasteiger partial charge < -0.3 is 15.0 Å². The molecule has 3 aliphatic heterocycles. The highest BCUT2D eigenvalue weighted by Crippen LogP contribution is 2.27. The summed E-state index contributed by atoms with van der Waals surface area (Å²) in [6.07, 6.45) is 2.49. The fourth-order valence-corrected chi connectivity index (χ4v) is 5.28. The molecule has 1 atom stereocenters. The van der Waals surface area contributed by atoms with E-state index in [0.717, 1.165) is 49.2 Å². The normalized spacial score (nSPS) is 20.4. The maximum absolute atomic E-state index is 12.9. The van der Waals surface area contributed by atoms with Gasteiger partial charge in [-0.2, -0.15) is 5.10 Å². The predicted octanol–water partition coefficient (Wildman–Crippen LogP) is 2.89. The summed E-state index contributed by atoms with van der Waals surface area (Å²) in [5.74, 6) is 0.244. The molecule has 0 saturated carbocycles. The number of fused-ring (bicyclic) bond motifs is 3. The summed E-state index contributed by atoms with van der Waals surface area (Å²) in [7, 11) is 0. The zero-order valence-corrected chi connectivity index (χ0v) is 21.1. The Labute approximate surface area is 216 Å². The summed E-state index contributed by atoms with van der Waals surface area (Å²) in [6, 6.07) is 18.3. The van der Waals surface area contributed by atoms with Gasteiger partial charge in [-0.05, 0) is 68.1 Å². The predicted molar refractivity (Wildman–Crippen MR) is 140 cm³/mol. The first-order valence-corrected chi connectivity index (χ1v) is 12.9. The molecule has 3 fully saturated rings. The fourth-order valence-electron chi connectivity index (χ4n) is 5.28. The summed E-state index contributed by atoms with van der Waals surface area (Å²) < 4.78 is 6.44. The molecule has 37 heavy (non-hydrogen) atoms. The van der Waals surface area contributed by atoms with Gasteiger partial charge in [-0.15, -0.1) is 0 Å². The van der Waals surface area contributed by atoms with Crippen LogP contribution in [0, 0.1) is 5.92 Å². The molecule has 0 spiro atoms. The third kappa shape index (κ3) is 5.97.